The van der Waals surface area contributed by atoms with Gasteiger partial charge in [-0.25, -0.2) is 0 Å². The molecular weight excluding hydrogens is 322 g/mol. The molecule has 0 fully saturated rings. The number of amides is 1. The minimum Gasteiger partial charge on any atom is -0.451 e. The number of rotatable bonds is 3. The Morgan fingerprint density at radius 2 is 1.79 bits per heavy atom. The van der Waals surface area contributed by atoms with Crippen molar-refractivity contribution in [2.45, 2.75) is 6.92 Å². The number of hydrogen-bond donors (Lipinski definition) is 1. The van der Waals surface area contributed by atoms with Gasteiger partial charge in [-0.05, 0) is 13.0 Å². The van der Waals surface area contributed by atoms with Crippen molar-refractivity contribution in [3.05, 3.63) is 65.9 Å². The molecule has 0 radical (unpaired) electrons. The van der Waals surface area contributed by atoms with E-state index in [4.69, 9.17) is 4.42 Å². The van der Waals surface area contributed by atoms with Crippen molar-refractivity contribution in [1.29, 1.82) is 0 Å². The number of hydrogen-bond acceptors (Lipinski definition) is 5. The van der Waals surface area contributed by atoms with Crippen molar-refractivity contribution in [3.63, 3.8) is 0 Å². The Labute approximate surface area is 142 Å². The lowest BCUT2D eigenvalue weighted by atomic mass is 10.1. The van der Waals surface area contributed by atoms with Gasteiger partial charge in [-0.3, -0.25) is 10.1 Å². The highest BCUT2D eigenvalue weighted by Crippen LogP contribution is 2.28. The third-order valence-corrected chi connectivity index (χ3v) is 4.60. The maximum absolute atomic E-state index is 12.5. The van der Waals surface area contributed by atoms with E-state index in [9.17, 15) is 4.79 Å². The predicted octanol–water partition coefficient (Wildman–Crippen LogP) is 4.51. The number of aryl methyl sites for hydroxylation is 1. The number of para-hydroxylation sites is 1. The quantitative estimate of drug-likeness (QED) is 0.598. The zero-order chi connectivity index (χ0) is 16.5. The molecule has 24 heavy (non-hydrogen) atoms. The Kier molecular flexibility index (Phi) is 3.59. The van der Waals surface area contributed by atoms with Crippen LogP contribution in [0, 0.1) is 6.92 Å². The lowest BCUT2D eigenvalue weighted by Gasteiger charge is -1.98. The van der Waals surface area contributed by atoms with Gasteiger partial charge in [0.15, 0.2) is 5.76 Å². The van der Waals surface area contributed by atoms with Crippen LogP contribution in [0.1, 0.15) is 16.1 Å². The fraction of sp³-hybridized carbons (Fsp3) is 0.0556. The van der Waals surface area contributed by atoms with Gasteiger partial charge in [0.2, 0.25) is 5.13 Å². The zero-order valence-electron chi connectivity index (χ0n) is 12.8. The summed E-state index contributed by atoms with van der Waals surface area (Å²) in [4.78, 5) is 12.5. The van der Waals surface area contributed by atoms with Crippen LogP contribution < -0.4 is 5.32 Å². The summed E-state index contributed by atoms with van der Waals surface area (Å²) in [6.45, 7) is 1.87. The highest BCUT2D eigenvalue weighted by atomic mass is 32.1. The van der Waals surface area contributed by atoms with Crippen LogP contribution in [0.25, 0.3) is 21.5 Å². The molecular formula is C18H13N3O2S. The number of benzene rings is 2. The molecule has 0 spiro atoms. The maximum Gasteiger partial charge on any atom is 0.293 e. The molecule has 2 heterocycles. The van der Waals surface area contributed by atoms with Crippen LogP contribution in [0.5, 0.6) is 0 Å². The molecule has 5 nitrogen and oxygen atoms in total. The summed E-state index contributed by atoms with van der Waals surface area (Å²) >= 11 is 1.33. The summed E-state index contributed by atoms with van der Waals surface area (Å²) < 4.78 is 5.67. The van der Waals surface area contributed by atoms with Crippen molar-refractivity contribution >= 4 is 33.3 Å². The summed E-state index contributed by atoms with van der Waals surface area (Å²) in [7, 11) is 0. The van der Waals surface area contributed by atoms with Crippen LogP contribution in [0.4, 0.5) is 5.13 Å². The van der Waals surface area contributed by atoms with Crippen LogP contribution in [0.3, 0.4) is 0 Å². The Bertz CT molecular complexity index is 1020. The first kappa shape index (κ1) is 14.6. The molecule has 118 valence electrons. The molecule has 0 unspecified atom stereocenters. The zero-order valence-corrected chi connectivity index (χ0v) is 13.6. The molecule has 0 aliphatic carbocycles. The monoisotopic (exact) mass is 335 g/mol. The van der Waals surface area contributed by atoms with Crippen LogP contribution in [0.2, 0.25) is 0 Å². The van der Waals surface area contributed by atoms with Gasteiger partial charge in [-0.1, -0.05) is 59.9 Å². The van der Waals surface area contributed by atoms with E-state index in [0.717, 1.165) is 21.5 Å². The smallest absolute Gasteiger partial charge is 0.293 e. The lowest BCUT2D eigenvalue weighted by molar-refractivity contribution is 0.0998. The number of nitrogens with zero attached hydrogens (tertiary/aromatic N) is 2. The Hall–Kier alpha value is -2.99. The standard InChI is InChI=1S/C18H13N3O2S/c1-11-13-9-5-6-10-14(13)23-15(11)16(22)19-18-21-20-17(24-18)12-7-3-2-4-8-12/h2-10H,1H3,(H,19,21,22). The highest BCUT2D eigenvalue weighted by molar-refractivity contribution is 7.18. The van der Waals surface area contributed by atoms with Crippen LogP contribution in [-0.2, 0) is 0 Å². The molecule has 2 aromatic heterocycles. The van der Waals surface area contributed by atoms with Crippen molar-refractivity contribution in [2.75, 3.05) is 5.32 Å². The van der Waals surface area contributed by atoms with E-state index in [-0.39, 0.29) is 5.91 Å². The largest absolute Gasteiger partial charge is 0.451 e. The molecule has 0 bridgehead atoms. The molecule has 0 aliphatic heterocycles. The van der Waals surface area contributed by atoms with Gasteiger partial charge in [0.25, 0.3) is 5.91 Å². The second-order valence-electron chi connectivity index (χ2n) is 5.28. The summed E-state index contributed by atoms with van der Waals surface area (Å²) in [6.07, 6.45) is 0. The number of nitrogens with one attached hydrogen (secondary N) is 1. The number of furan rings is 1. The van der Waals surface area contributed by atoms with Crippen LogP contribution in [-0.4, -0.2) is 16.1 Å². The first-order valence-corrected chi connectivity index (χ1v) is 8.22. The molecule has 1 amide bonds. The highest BCUT2D eigenvalue weighted by Gasteiger charge is 2.19. The number of anilines is 1. The van der Waals surface area contributed by atoms with Crippen molar-refractivity contribution in [1.82, 2.24) is 10.2 Å². The lowest BCUT2D eigenvalue weighted by Crippen LogP contribution is -2.11. The Morgan fingerprint density at radius 3 is 2.58 bits per heavy atom. The Morgan fingerprint density at radius 1 is 1.04 bits per heavy atom. The summed E-state index contributed by atoms with van der Waals surface area (Å²) in [5.74, 6) is -0.0212. The van der Waals surface area contributed by atoms with E-state index in [2.05, 4.69) is 15.5 Å². The summed E-state index contributed by atoms with van der Waals surface area (Å²) in [5, 5.41) is 13.1. The third kappa shape index (κ3) is 2.57. The molecule has 0 atom stereocenters. The van der Waals surface area contributed by atoms with Gasteiger partial charge in [0.05, 0.1) is 0 Å². The van der Waals surface area contributed by atoms with E-state index in [1.54, 1.807) is 0 Å². The van der Waals surface area contributed by atoms with E-state index in [1.165, 1.54) is 11.3 Å². The maximum atomic E-state index is 12.5. The molecule has 6 heteroatoms. The Balaban J connectivity index is 1.60. The van der Waals surface area contributed by atoms with E-state index >= 15 is 0 Å². The second-order valence-corrected chi connectivity index (χ2v) is 6.26. The molecule has 0 saturated carbocycles. The normalized spacial score (nSPS) is 10.9. The van der Waals surface area contributed by atoms with Crippen molar-refractivity contribution < 1.29 is 9.21 Å². The molecule has 4 rings (SSSR count). The van der Waals surface area contributed by atoms with Gasteiger partial charge in [0.1, 0.15) is 10.6 Å². The minimum absolute atomic E-state index is 0.299. The van der Waals surface area contributed by atoms with Gasteiger partial charge in [0, 0.05) is 16.5 Å². The molecule has 4 aromatic rings. The fourth-order valence-corrected chi connectivity index (χ4v) is 3.26. The van der Waals surface area contributed by atoms with E-state index in [1.807, 2.05) is 61.5 Å². The average Bonchev–Trinajstić information content (AvgIpc) is 3.21. The second kappa shape index (κ2) is 5.90. The van der Waals surface area contributed by atoms with E-state index < -0.39 is 0 Å². The molecule has 0 aliphatic rings. The number of carbonyl (C=O) groups is 1. The third-order valence-electron chi connectivity index (χ3n) is 3.72. The topological polar surface area (TPSA) is 68.0 Å². The summed E-state index contributed by atoms with van der Waals surface area (Å²) in [5.41, 5.74) is 2.48. The van der Waals surface area contributed by atoms with Crippen molar-refractivity contribution in [2.24, 2.45) is 0 Å². The summed E-state index contributed by atoms with van der Waals surface area (Å²) in [6, 6.07) is 17.3. The number of carbonyl (C=O) groups excluding carboxylic acids is 1. The van der Waals surface area contributed by atoms with E-state index in [0.29, 0.717) is 16.5 Å². The van der Waals surface area contributed by atoms with Gasteiger partial charge < -0.3 is 4.42 Å². The van der Waals surface area contributed by atoms with Gasteiger partial charge >= 0.3 is 0 Å². The predicted molar refractivity (Wildman–Crippen MR) is 94.2 cm³/mol. The minimum atomic E-state index is -0.320. The molecule has 0 saturated heterocycles. The molecule has 2 aromatic carbocycles. The van der Waals surface area contributed by atoms with Crippen LogP contribution >= 0.6 is 11.3 Å². The first-order chi connectivity index (χ1) is 11.7. The first-order valence-electron chi connectivity index (χ1n) is 7.41. The number of fused-ring (bicyclic) bond motifs is 1. The van der Waals surface area contributed by atoms with Crippen LogP contribution in [0.15, 0.2) is 59.0 Å². The van der Waals surface area contributed by atoms with Gasteiger partial charge in [-0.15, -0.1) is 10.2 Å². The average molecular weight is 335 g/mol. The molecule has 1 N–H and O–H groups in total. The number of aromatic nitrogens is 2. The van der Waals surface area contributed by atoms with Crippen molar-refractivity contribution in [3.8, 4) is 10.6 Å². The van der Waals surface area contributed by atoms with Gasteiger partial charge in [-0.2, -0.15) is 0 Å². The SMILES string of the molecule is Cc1c(C(=O)Nc2nnc(-c3ccccc3)s2)oc2ccccc12. The fourth-order valence-electron chi connectivity index (χ4n) is 2.52.